The molecular weight excluding hydrogens is 500 g/mol. The van der Waals surface area contributed by atoms with Crippen LogP contribution in [0.1, 0.15) is 46.6 Å². The summed E-state index contributed by atoms with van der Waals surface area (Å²) < 4.78 is 10.8. The Morgan fingerprint density at radius 3 is 2.16 bits per heavy atom. The number of alkyl carbamates (subject to hydrolysis) is 1. The van der Waals surface area contributed by atoms with Crippen LogP contribution in [0, 0.1) is 5.41 Å². The van der Waals surface area contributed by atoms with Gasteiger partial charge in [0.05, 0.1) is 0 Å². The highest BCUT2D eigenvalue weighted by atomic mass is 32.2. The van der Waals surface area contributed by atoms with Crippen molar-refractivity contribution in [2.45, 2.75) is 70.4 Å². The van der Waals surface area contributed by atoms with E-state index in [-0.39, 0.29) is 0 Å². The van der Waals surface area contributed by atoms with Crippen molar-refractivity contribution in [2.24, 2.45) is 5.41 Å². The number of hydrogen-bond acceptors (Lipinski definition) is 7. The third kappa shape index (κ3) is 8.08. The summed E-state index contributed by atoms with van der Waals surface area (Å²) in [6.07, 6.45) is 2.35. The predicted molar refractivity (Wildman–Crippen MR) is 152 cm³/mol. The molecule has 2 unspecified atom stereocenters. The van der Waals surface area contributed by atoms with Crippen LogP contribution in [0.4, 0.5) is 4.79 Å². The van der Waals surface area contributed by atoms with Gasteiger partial charge >= 0.3 is 18.0 Å². The largest absolute Gasteiger partial charge is 0.444 e. The number of carbonyl (C=O) groups excluding carboxylic acids is 3. The molecule has 1 aliphatic heterocycles. The van der Waals surface area contributed by atoms with Gasteiger partial charge in [-0.05, 0) is 69.0 Å². The zero-order valence-corrected chi connectivity index (χ0v) is 24.3. The Labute approximate surface area is 230 Å². The fourth-order valence-corrected chi connectivity index (χ4v) is 5.46. The van der Waals surface area contributed by atoms with Gasteiger partial charge in [-0.2, -0.15) is 11.8 Å². The molecule has 2 aromatic carbocycles. The highest BCUT2D eigenvalue weighted by Gasteiger charge is 2.42. The summed E-state index contributed by atoms with van der Waals surface area (Å²) in [5.41, 5.74) is 1.66. The summed E-state index contributed by atoms with van der Waals surface area (Å²) in [5.74, 6) is -1.37. The number of rotatable bonds is 8. The molecule has 0 bridgehead atoms. The van der Waals surface area contributed by atoms with Gasteiger partial charge in [0.25, 0.3) is 0 Å². The minimum Gasteiger partial charge on any atom is -0.444 e. The van der Waals surface area contributed by atoms with Gasteiger partial charge < -0.3 is 14.8 Å². The maximum absolute atomic E-state index is 13.4. The van der Waals surface area contributed by atoms with Gasteiger partial charge in [-0.25, -0.2) is 14.4 Å². The quantitative estimate of drug-likeness (QED) is 0.358. The van der Waals surface area contributed by atoms with Crippen LogP contribution < -0.4 is 5.32 Å². The third-order valence-electron chi connectivity index (χ3n) is 6.72. The molecule has 1 aliphatic rings. The Kier molecular flexibility index (Phi) is 9.65. The molecule has 0 saturated carbocycles. The second kappa shape index (κ2) is 12.3. The van der Waals surface area contributed by atoms with Gasteiger partial charge in [-0.3, -0.25) is 4.90 Å². The third-order valence-corrected chi connectivity index (χ3v) is 7.72. The molecule has 3 atom stereocenters. The fraction of sp³-hybridized carbons (Fsp3) is 0.500. The molecule has 8 heteroatoms. The Bertz CT molecular complexity index is 1110. The van der Waals surface area contributed by atoms with E-state index < -0.39 is 41.1 Å². The summed E-state index contributed by atoms with van der Waals surface area (Å²) in [6.45, 7) is 9.75. The van der Waals surface area contributed by atoms with Crippen molar-refractivity contribution in [3.05, 3.63) is 60.2 Å². The zero-order valence-electron chi connectivity index (χ0n) is 23.4. The van der Waals surface area contributed by atoms with E-state index >= 15 is 0 Å². The van der Waals surface area contributed by atoms with Crippen LogP contribution in [0.3, 0.4) is 0 Å². The number of likely N-dealkylation sites (N-methyl/N-ethyl adjacent to an activating group) is 1. The van der Waals surface area contributed by atoms with E-state index in [1.807, 2.05) is 74.5 Å². The lowest BCUT2D eigenvalue weighted by molar-refractivity contribution is -0.166. The first kappa shape index (κ1) is 29.7. The standard InChI is InChI=1S/C30H40N2O5S/c1-29(2,3)37-28(35)31-25(27(34)36-26(33)24-17-23(38-7)19-32(24)6)30(4,5)18-20-13-15-22(16-14-20)21-11-9-8-10-12-21/h8-16,23-25H,17-19H2,1-7H3,(H,31,35)/t23?,24?,25-/m1/s1. The highest BCUT2D eigenvalue weighted by Crippen LogP contribution is 2.30. The van der Waals surface area contributed by atoms with Crippen LogP contribution in [0.15, 0.2) is 54.6 Å². The number of thioether (sulfide) groups is 1. The van der Waals surface area contributed by atoms with E-state index in [1.54, 1.807) is 32.5 Å². The molecule has 206 valence electrons. The average molecular weight is 541 g/mol. The smallest absolute Gasteiger partial charge is 0.408 e. The predicted octanol–water partition coefficient (Wildman–Crippen LogP) is 5.32. The lowest BCUT2D eigenvalue weighted by Gasteiger charge is -2.34. The molecular formula is C30H40N2O5S. The minimum atomic E-state index is -1.10. The van der Waals surface area contributed by atoms with Gasteiger partial charge in [0, 0.05) is 11.8 Å². The van der Waals surface area contributed by atoms with Crippen molar-refractivity contribution in [3.8, 4) is 11.1 Å². The van der Waals surface area contributed by atoms with Crippen molar-refractivity contribution >= 4 is 29.8 Å². The summed E-state index contributed by atoms with van der Waals surface area (Å²) in [4.78, 5) is 41.0. The lowest BCUT2D eigenvalue weighted by atomic mass is 9.78. The molecule has 1 N–H and O–H groups in total. The van der Waals surface area contributed by atoms with Crippen LogP contribution >= 0.6 is 11.8 Å². The van der Waals surface area contributed by atoms with E-state index in [0.29, 0.717) is 18.1 Å². The number of amides is 1. The molecule has 2 aromatic rings. The Hall–Kier alpha value is -2.84. The summed E-state index contributed by atoms with van der Waals surface area (Å²) in [7, 11) is 1.85. The van der Waals surface area contributed by atoms with E-state index in [9.17, 15) is 14.4 Å². The molecule has 38 heavy (non-hydrogen) atoms. The number of likely N-dealkylation sites (tertiary alicyclic amines) is 1. The number of nitrogens with zero attached hydrogens (tertiary/aromatic N) is 1. The maximum atomic E-state index is 13.4. The molecule has 1 amide bonds. The minimum absolute atomic E-state index is 0.304. The molecule has 1 fully saturated rings. The first-order chi connectivity index (χ1) is 17.8. The van der Waals surface area contributed by atoms with Crippen LogP contribution in [-0.2, 0) is 25.5 Å². The van der Waals surface area contributed by atoms with E-state index in [1.165, 1.54) is 0 Å². The Morgan fingerprint density at radius 1 is 1.00 bits per heavy atom. The average Bonchev–Trinajstić information content (AvgIpc) is 3.23. The maximum Gasteiger partial charge on any atom is 0.408 e. The molecule has 1 heterocycles. The number of nitrogens with one attached hydrogen (secondary N) is 1. The van der Waals surface area contributed by atoms with Gasteiger partial charge in [-0.1, -0.05) is 68.4 Å². The summed E-state index contributed by atoms with van der Waals surface area (Å²) in [6, 6.07) is 16.6. The monoisotopic (exact) mass is 540 g/mol. The van der Waals surface area contributed by atoms with Gasteiger partial charge in [-0.15, -0.1) is 0 Å². The molecule has 1 saturated heterocycles. The highest BCUT2D eigenvalue weighted by molar-refractivity contribution is 7.99. The second-order valence-corrected chi connectivity index (χ2v) is 12.7. The molecule has 3 rings (SSSR count). The molecule has 0 spiro atoms. The van der Waals surface area contributed by atoms with Crippen LogP contribution in [-0.4, -0.2) is 65.7 Å². The molecule has 7 nitrogen and oxygen atoms in total. The fourth-order valence-electron chi connectivity index (χ4n) is 4.70. The van der Waals surface area contributed by atoms with Crippen LogP contribution in [0.2, 0.25) is 0 Å². The van der Waals surface area contributed by atoms with Crippen molar-refractivity contribution < 1.29 is 23.9 Å². The van der Waals surface area contributed by atoms with E-state index in [0.717, 1.165) is 23.2 Å². The van der Waals surface area contributed by atoms with Gasteiger partial charge in [0.1, 0.15) is 17.7 Å². The number of carbonyl (C=O) groups is 3. The molecule has 0 aliphatic carbocycles. The number of benzene rings is 2. The van der Waals surface area contributed by atoms with Crippen molar-refractivity contribution in [2.75, 3.05) is 19.8 Å². The van der Waals surface area contributed by atoms with Gasteiger partial charge in [0.15, 0.2) is 0 Å². The molecule has 0 radical (unpaired) electrons. The first-order valence-electron chi connectivity index (χ1n) is 12.9. The van der Waals surface area contributed by atoms with Gasteiger partial charge in [0.2, 0.25) is 0 Å². The van der Waals surface area contributed by atoms with Crippen molar-refractivity contribution in [1.82, 2.24) is 10.2 Å². The normalized spacial score (nSPS) is 19.0. The SMILES string of the molecule is CSC1CC(C(=O)OC(=O)[C@@H](NC(=O)OC(C)(C)C)C(C)(C)Cc2ccc(-c3ccccc3)cc2)N(C)C1. The van der Waals surface area contributed by atoms with E-state index in [4.69, 9.17) is 9.47 Å². The lowest BCUT2D eigenvalue weighted by Crippen LogP contribution is -2.54. The van der Waals surface area contributed by atoms with E-state index in [2.05, 4.69) is 17.4 Å². The second-order valence-electron chi connectivity index (χ2n) is 11.6. The van der Waals surface area contributed by atoms with Crippen molar-refractivity contribution in [1.29, 1.82) is 0 Å². The number of ether oxygens (including phenoxy) is 2. The Balaban J connectivity index is 1.78. The van der Waals surface area contributed by atoms with Crippen LogP contribution in [0.25, 0.3) is 11.1 Å². The zero-order chi connectivity index (χ0) is 28.1. The summed E-state index contributed by atoms with van der Waals surface area (Å²) >= 11 is 1.69. The molecule has 0 aromatic heterocycles. The van der Waals surface area contributed by atoms with Crippen LogP contribution in [0.5, 0.6) is 0 Å². The first-order valence-corrected chi connectivity index (χ1v) is 14.2. The van der Waals surface area contributed by atoms with Crippen molar-refractivity contribution in [3.63, 3.8) is 0 Å². The summed E-state index contributed by atoms with van der Waals surface area (Å²) in [5, 5.41) is 3.00. The number of esters is 2. The topological polar surface area (TPSA) is 84.9 Å². The Morgan fingerprint density at radius 2 is 1.61 bits per heavy atom. The number of hydrogen-bond donors (Lipinski definition) is 1.